The molecule has 2 nitrogen and oxygen atoms in total. The van der Waals surface area contributed by atoms with Gasteiger partial charge in [0.05, 0.1) is 11.0 Å². The van der Waals surface area contributed by atoms with Crippen LogP contribution in [0.15, 0.2) is 170 Å². The van der Waals surface area contributed by atoms with Gasteiger partial charge in [-0.15, -0.1) is 6.42 Å². The zero-order chi connectivity index (χ0) is 36.2. The fourth-order valence-corrected chi connectivity index (χ4v) is 8.63. The van der Waals surface area contributed by atoms with E-state index in [0.29, 0.717) is 0 Å². The second-order valence-electron chi connectivity index (χ2n) is 13.7. The first-order valence-corrected chi connectivity index (χ1v) is 18.4. The molecule has 10 rings (SSSR count). The minimum atomic E-state index is 0.920. The Morgan fingerprint density at radius 3 is 1.80 bits per heavy atom. The second kappa shape index (κ2) is 12.8. The summed E-state index contributed by atoms with van der Waals surface area (Å²) in [6.07, 6.45) is 10.3. The van der Waals surface area contributed by atoms with Crippen molar-refractivity contribution in [3.05, 3.63) is 180 Å². The third-order valence-electron chi connectivity index (χ3n) is 10.8. The smallest absolute Gasteiger partial charge is 0.145 e. The molecule has 0 unspecified atom stereocenters. The van der Waals surface area contributed by atoms with Gasteiger partial charge in [-0.05, 0) is 120 Å². The van der Waals surface area contributed by atoms with Crippen LogP contribution in [0.25, 0.3) is 107 Å². The van der Waals surface area contributed by atoms with Gasteiger partial charge in [-0.3, -0.25) is 4.57 Å². The second-order valence-corrected chi connectivity index (χ2v) is 13.7. The van der Waals surface area contributed by atoms with Gasteiger partial charge in [0.25, 0.3) is 0 Å². The van der Waals surface area contributed by atoms with Crippen LogP contribution in [0.5, 0.6) is 0 Å². The van der Waals surface area contributed by atoms with Gasteiger partial charge in [0, 0.05) is 11.3 Å². The molecule has 0 bridgehead atoms. The topological polar surface area (TPSA) is 17.8 Å². The number of fused-ring (bicyclic) bond motifs is 4. The fraction of sp³-hybridized carbons (Fsp3) is 0.0192. The van der Waals surface area contributed by atoms with Crippen molar-refractivity contribution < 1.29 is 0 Å². The number of para-hydroxylation sites is 3. The Morgan fingerprint density at radius 1 is 0.519 bits per heavy atom. The summed E-state index contributed by atoms with van der Waals surface area (Å²) in [5, 5.41) is 4.71. The Kier molecular flexibility index (Phi) is 7.46. The van der Waals surface area contributed by atoms with Crippen LogP contribution in [0.2, 0.25) is 0 Å². The average molecular weight is 687 g/mol. The van der Waals surface area contributed by atoms with E-state index in [4.69, 9.17) is 11.4 Å². The van der Waals surface area contributed by atoms with Crippen LogP contribution in [-0.2, 0) is 0 Å². The van der Waals surface area contributed by atoms with Gasteiger partial charge in [0.2, 0.25) is 0 Å². The molecule has 0 spiro atoms. The lowest BCUT2D eigenvalue weighted by molar-refractivity contribution is 1.10. The molecule has 0 radical (unpaired) electrons. The maximum absolute atomic E-state index is 6.10. The SMILES string of the molecule is C#C/C=c1/c(-c2ccccc2)c2c(c(-c3ccccc3)/c1=C/C)-c1ccc(-c3cccc(-c4nc5ccccc5n4-c4ccccc4)c3)c3cccc-2c13. The molecule has 54 heavy (non-hydrogen) atoms. The van der Waals surface area contributed by atoms with E-state index >= 15 is 0 Å². The van der Waals surface area contributed by atoms with Crippen LogP contribution in [0.3, 0.4) is 0 Å². The Bertz CT molecular complexity index is 3090. The normalized spacial score (nSPS) is 12.4. The lowest BCUT2D eigenvalue weighted by Crippen LogP contribution is -2.30. The fourth-order valence-electron chi connectivity index (χ4n) is 8.63. The van der Waals surface area contributed by atoms with E-state index in [1.165, 1.54) is 55.3 Å². The number of rotatable bonds is 5. The Morgan fingerprint density at radius 2 is 1.09 bits per heavy atom. The predicted octanol–water partition coefficient (Wildman–Crippen LogP) is 11.7. The van der Waals surface area contributed by atoms with Crippen molar-refractivity contribution in [1.29, 1.82) is 0 Å². The van der Waals surface area contributed by atoms with Gasteiger partial charge >= 0.3 is 0 Å². The van der Waals surface area contributed by atoms with E-state index in [9.17, 15) is 0 Å². The number of hydrogen-bond acceptors (Lipinski definition) is 1. The van der Waals surface area contributed by atoms with Crippen molar-refractivity contribution in [3.8, 4) is 85.1 Å². The van der Waals surface area contributed by atoms with Gasteiger partial charge in [-0.25, -0.2) is 4.98 Å². The Labute approximate surface area is 314 Å². The zero-order valence-corrected chi connectivity index (χ0v) is 29.8. The van der Waals surface area contributed by atoms with Crippen molar-refractivity contribution in [2.24, 2.45) is 0 Å². The van der Waals surface area contributed by atoms with E-state index in [0.717, 1.165) is 49.7 Å². The molecule has 0 atom stereocenters. The molecule has 1 aromatic heterocycles. The number of imidazole rings is 1. The summed E-state index contributed by atoms with van der Waals surface area (Å²) in [6, 6.07) is 60.6. The van der Waals surface area contributed by atoms with Crippen LogP contribution in [0, 0.1) is 12.3 Å². The van der Waals surface area contributed by atoms with Gasteiger partial charge < -0.3 is 0 Å². The molecule has 252 valence electrons. The van der Waals surface area contributed by atoms with Crippen LogP contribution in [-0.4, -0.2) is 9.55 Å². The maximum atomic E-state index is 6.10. The Hall–Kier alpha value is -7.21. The molecule has 8 aromatic carbocycles. The van der Waals surface area contributed by atoms with Crippen molar-refractivity contribution in [1.82, 2.24) is 9.55 Å². The number of aromatic nitrogens is 2. The Balaban J connectivity index is 1.25. The van der Waals surface area contributed by atoms with Crippen molar-refractivity contribution in [3.63, 3.8) is 0 Å². The molecular weight excluding hydrogens is 653 g/mol. The number of terminal acetylenes is 1. The average Bonchev–Trinajstić information content (AvgIpc) is 3.79. The molecule has 2 heteroatoms. The molecule has 1 aliphatic carbocycles. The molecule has 0 fully saturated rings. The molecular formula is C52H34N2. The van der Waals surface area contributed by atoms with Crippen molar-refractivity contribution in [2.75, 3.05) is 0 Å². The molecule has 9 aromatic rings. The van der Waals surface area contributed by atoms with Crippen LogP contribution < -0.4 is 10.4 Å². The summed E-state index contributed by atoms with van der Waals surface area (Å²) in [6.45, 7) is 2.12. The minimum Gasteiger partial charge on any atom is -0.292 e. The van der Waals surface area contributed by atoms with Gasteiger partial charge in [-0.2, -0.15) is 0 Å². The third-order valence-corrected chi connectivity index (χ3v) is 10.8. The summed E-state index contributed by atoms with van der Waals surface area (Å²) < 4.78 is 2.27. The summed E-state index contributed by atoms with van der Waals surface area (Å²) in [7, 11) is 0. The highest BCUT2D eigenvalue weighted by Gasteiger charge is 2.30. The van der Waals surface area contributed by atoms with Gasteiger partial charge in [0.1, 0.15) is 5.82 Å². The maximum Gasteiger partial charge on any atom is 0.145 e. The lowest BCUT2D eigenvalue weighted by Gasteiger charge is -2.18. The molecule has 1 heterocycles. The zero-order valence-electron chi connectivity index (χ0n) is 29.8. The minimum absolute atomic E-state index is 0.920. The molecule has 0 saturated heterocycles. The van der Waals surface area contributed by atoms with Gasteiger partial charge in [-0.1, -0.05) is 152 Å². The van der Waals surface area contributed by atoms with Gasteiger partial charge in [0.15, 0.2) is 0 Å². The highest BCUT2D eigenvalue weighted by atomic mass is 15.1. The first kappa shape index (κ1) is 31.5. The van der Waals surface area contributed by atoms with E-state index in [2.05, 4.69) is 193 Å². The summed E-state index contributed by atoms with van der Waals surface area (Å²) in [4.78, 5) is 5.18. The quantitative estimate of drug-likeness (QED) is 0.165. The first-order chi connectivity index (χ1) is 26.7. The third kappa shape index (κ3) is 4.80. The number of benzene rings is 8. The predicted molar refractivity (Wildman–Crippen MR) is 227 cm³/mol. The highest BCUT2D eigenvalue weighted by Crippen LogP contribution is 2.54. The molecule has 0 aliphatic heterocycles. The molecule has 0 amide bonds. The summed E-state index contributed by atoms with van der Waals surface area (Å²) in [5.74, 6) is 3.82. The van der Waals surface area contributed by atoms with Crippen LogP contribution in [0.1, 0.15) is 6.92 Å². The number of nitrogens with zero attached hydrogens (tertiary/aromatic N) is 2. The van der Waals surface area contributed by atoms with E-state index in [-0.39, 0.29) is 0 Å². The van der Waals surface area contributed by atoms with E-state index in [1.54, 1.807) is 0 Å². The largest absolute Gasteiger partial charge is 0.292 e. The van der Waals surface area contributed by atoms with Crippen molar-refractivity contribution >= 4 is 34.0 Å². The van der Waals surface area contributed by atoms with E-state index in [1.807, 2.05) is 6.08 Å². The summed E-state index contributed by atoms with van der Waals surface area (Å²) in [5.41, 5.74) is 16.2. The van der Waals surface area contributed by atoms with E-state index < -0.39 is 0 Å². The first-order valence-electron chi connectivity index (χ1n) is 18.4. The number of hydrogen-bond donors (Lipinski definition) is 0. The molecule has 0 N–H and O–H groups in total. The van der Waals surface area contributed by atoms with Crippen molar-refractivity contribution in [2.45, 2.75) is 6.92 Å². The van der Waals surface area contributed by atoms with Crippen LogP contribution in [0.4, 0.5) is 0 Å². The molecule has 0 saturated carbocycles. The highest BCUT2D eigenvalue weighted by molar-refractivity contribution is 6.23. The standard InChI is InChI=1S/C52H34N2/c1-3-18-41-39(4-2)47(34-19-8-5-9-20-34)51-44-32-31-40(42-27-17-28-43(49(42)44)50(51)48(41)35-21-10-6-11-22-35)36-23-16-24-37(33-36)52-53-45-29-14-15-30-46(45)54(52)38-25-12-7-13-26-38/h1,4-33H,2H3/b39-4+,41-18+. The molecule has 1 aliphatic rings. The summed E-state index contributed by atoms with van der Waals surface area (Å²) >= 11 is 0. The lowest BCUT2D eigenvalue weighted by atomic mass is 9.84. The van der Waals surface area contributed by atoms with Crippen LogP contribution >= 0.6 is 0 Å². The monoisotopic (exact) mass is 686 g/mol.